The van der Waals surface area contributed by atoms with E-state index in [0.717, 1.165) is 24.0 Å². The molecule has 5 nitrogen and oxygen atoms in total. The van der Waals surface area contributed by atoms with Crippen LogP contribution in [0.4, 0.5) is 0 Å². The largest absolute Gasteiger partial charge is 0.345 e. The number of hydrazone groups is 1. The highest BCUT2D eigenvalue weighted by Gasteiger charge is 2.26. The fourth-order valence-electron chi connectivity index (χ4n) is 1.70. The van der Waals surface area contributed by atoms with Crippen LogP contribution in [0.2, 0.25) is 0 Å². The zero-order valence-corrected chi connectivity index (χ0v) is 12.0. The monoisotopic (exact) mass is 273 g/mol. The minimum absolute atomic E-state index is 0.165. The van der Waals surface area contributed by atoms with E-state index in [2.05, 4.69) is 15.8 Å². The lowest BCUT2D eigenvalue weighted by atomic mass is 10.0. The summed E-state index contributed by atoms with van der Waals surface area (Å²) in [6, 6.07) is 6.12. The number of hydrogen-bond donors (Lipinski definition) is 2. The highest BCUT2D eigenvalue weighted by Crippen LogP contribution is 2.18. The van der Waals surface area contributed by atoms with E-state index in [0.29, 0.717) is 5.71 Å². The molecule has 0 saturated heterocycles. The molecule has 0 aromatic heterocycles. The van der Waals surface area contributed by atoms with Crippen LogP contribution in [0.15, 0.2) is 23.3 Å². The first-order valence-corrected chi connectivity index (χ1v) is 6.70. The van der Waals surface area contributed by atoms with Gasteiger partial charge in [-0.3, -0.25) is 9.59 Å². The fourth-order valence-corrected chi connectivity index (χ4v) is 1.70. The third kappa shape index (κ3) is 3.66. The van der Waals surface area contributed by atoms with E-state index < -0.39 is 11.8 Å². The average molecular weight is 273 g/mol. The number of carbonyl (C=O) groups excluding carboxylic acids is 2. The smallest absolute Gasteiger partial charge is 0.329 e. The van der Waals surface area contributed by atoms with Crippen LogP contribution in [0, 0.1) is 13.8 Å². The number of rotatable bonds is 3. The zero-order chi connectivity index (χ0) is 14.7. The van der Waals surface area contributed by atoms with E-state index >= 15 is 0 Å². The Hall–Kier alpha value is -2.17. The van der Waals surface area contributed by atoms with Crippen molar-refractivity contribution < 1.29 is 9.59 Å². The van der Waals surface area contributed by atoms with Gasteiger partial charge in [-0.25, -0.2) is 5.43 Å². The highest BCUT2D eigenvalue weighted by atomic mass is 16.2. The summed E-state index contributed by atoms with van der Waals surface area (Å²) in [5.74, 6) is -1.34. The minimum atomic E-state index is -0.722. The second-order valence-electron chi connectivity index (χ2n) is 5.18. The fraction of sp³-hybridized carbons (Fsp3) is 0.400. The van der Waals surface area contributed by atoms with Crippen LogP contribution in [0.25, 0.3) is 0 Å². The maximum absolute atomic E-state index is 11.5. The molecular formula is C15H19N3O2. The number of benzene rings is 1. The van der Waals surface area contributed by atoms with Crippen molar-refractivity contribution in [3.8, 4) is 0 Å². The molecule has 2 N–H and O–H groups in total. The summed E-state index contributed by atoms with van der Waals surface area (Å²) in [7, 11) is 0. The molecule has 1 aliphatic carbocycles. The summed E-state index contributed by atoms with van der Waals surface area (Å²) >= 11 is 0. The Bertz CT molecular complexity index is 574. The third-order valence-electron chi connectivity index (χ3n) is 3.37. The Balaban J connectivity index is 1.96. The molecule has 1 fully saturated rings. The normalized spacial score (nSPS) is 14.8. The Morgan fingerprint density at radius 1 is 1.15 bits per heavy atom. The molecule has 20 heavy (non-hydrogen) atoms. The third-order valence-corrected chi connectivity index (χ3v) is 3.37. The van der Waals surface area contributed by atoms with Crippen LogP contribution in [-0.4, -0.2) is 23.6 Å². The van der Waals surface area contributed by atoms with Crippen LogP contribution in [0.5, 0.6) is 0 Å². The predicted molar refractivity (Wildman–Crippen MR) is 77.4 cm³/mol. The summed E-state index contributed by atoms with van der Waals surface area (Å²) in [5.41, 5.74) is 6.24. The number of aryl methyl sites for hydroxylation is 2. The summed E-state index contributed by atoms with van der Waals surface area (Å²) in [6.45, 7) is 5.85. The van der Waals surface area contributed by atoms with E-state index in [4.69, 9.17) is 0 Å². The number of carbonyl (C=O) groups is 2. The van der Waals surface area contributed by atoms with Crippen LogP contribution in [-0.2, 0) is 9.59 Å². The maximum atomic E-state index is 11.5. The van der Waals surface area contributed by atoms with Gasteiger partial charge in [0.25, 0.3) is 0 Å². The summed E-state index contributed by atoms with van der Waals surface area (Å²) < 4.78 is 0. The molecule has 0 bridgehead atoms. The number of nitrogens with one attached hydrogen (secondary N) is 2. The molecule has 106 valence electrons. The van der Waals surface area contributed by atoms with Crippen molar-refractivity contribution in [2.75, 3.05) is 0 Å². The van der Waals surface area contributed by atoms with Crippen molar-refractivity contribution in [2.45, 2.75) is 39.7 Å². The molecule has 0 heterocycles. The van der Waals surface area contributed by atoms with Gasteiger partial charge in [0.1, 0.15) is 0 Å². The van der Waals surface area contributed by atoms with Gasteiger partial charge in [0.15, 0.2) is 0 Å². The molecule has 0 unspecified atom stereocenters. The van der Waals surface area contributed by atoms with E-state index in [9.17, 15) is 9.59 Å². The molecule has 0 atom stereocenters. The molecule has 2 rings (SSSR count). The highest BCUT2D eigenvalue weighted by molar-refractivity contribution is 6.35. The van der Waals surface area contributed by atoms with Crippen molar-refractivity contribution in [2.24, 2.45) is 5.10 Å². The van der Waals surface area contributed by atoms with E-state index in [1.807, 2.05) is 32.0 Å². The second kappa shape index (κ2) is 5.86. The van der Waals surface area contributed by atoms with Crippen molar-refractivity contribution in [1.29, 1.82) is 0 Å². The van der Waals surface area contributed by atoms with Crippen molar-refractivity contribution in [1.82, 2.24) is 10.7 Å². The maximum Gasteiger partial charge on any atom is 0.329 e. The Morgan fingerprint density at radius 3 is 2.45 bits per heavy atom. The van der Waals surface area contributed by atoms with Crippen molar-refractivity contribution in [3.63, 3.8) is 0 Å². The molecule has 2 amide bonds. The quantitative estimate of drug-likeness (QED) is 0.497. The molecule has 0 aliphatic heterocycles. The van der Waals surface area contributed by atoms with E-state index in [-0.39, 0.29) is 6.04 Å². The molecule has 5 heteroatoms. The number of hydrogen-bond acceptors (Lipinski definition) is 3. The average Bonchev–Trinajstić information content (AvgIpc) is 3.22. The van der Waals surface area contributed by atoms with Gasteiger partial charge in [0.05, 0.1) is 5.71 Å². The van der Waals surface area contributed by atoms with Crippen LogP contribution >= 0.6 is 0 Å². The van der Waals surface area contributed by atoms with Gasteiger partial charge in [0.2, 0.25) is 0 Å². The molecular weight excluding hydrogens is 254 g/mol. The van der Waals surface area contributed by atoms with Gasteiger partial charge >= 0.3 is 11.8 Å². The van der Waals surface area contributed by atoms with E-state index in [1.54, 1.807) is 6.92 Å². The van der Waals surface area contributed by atoms with Crippen molar-refractivity contribution in [3.05, 3.63) is 34.9 Å². The molecule has 0 spiro atoms. The van der Waals surface area contributed by atoms with Crippen LogP contribution < -0.4 is 10.7 Å². The Morgan fingerprint density at radius 2 is 1.85 bits per heavy atom. The first-order chi connectivity index (χ1) is 9.47. The molecule has 1 aromatic carbocycles. The topological polar surface area (TPSA) is 70.6 Å². The van der Waals surface area contributed by atoms with Gasteiger partial charge in [-0.1, -0.05) is 12.1 Å². The Kier molecular flexibility index (Phi) is 4.17. The molecule has 1 saturated carbocycles. The van der Waals surface area contributed by atoms with Crippen LogP contribution in [0.1, 0.15) is 36.5 Å². The molecule has 0 radical (unpaired) electrons. The minimum Gasteiger partial charge on any atom is -0.345 e. The van der Waals surface area contributed by atoms with E-state index in [1.165, 1.54) is 5.56 Å². The van der Waals surface area contributed by atoms with Crippen LogP contribution in [0.3, 0.4) is 0 Å². The lowest BCUT2D eigenvalue weighted by Gasteiger charge is -2.06. The Labute approximate surface area is 118 Å². The van der Waals surface area contributed by atoms with Gasteiger partial charge in [-0.2, -0.15) is 5.10 Å². The van der Waals surface area contributed by atoms with Gasteiger partial charge in [-0.05, 0) is 56.4 Å². The standard InChI is InChI=1S/C15H19N3O2/c1-9-4-5-12(8-10(9)2)11(3)17-18-15(20)14(19)16-13-6-7-13/h4-5,8,13H,6-7H2,1-3H3,(H,16,19)(H,18,20)/b17-11+. The predicted octanol–water partition coefficient (Wildman–Crippen LogP) is 1.42. The molecule has 1 aromatic rings. The van der Waals surface area contributed by atoms with Gasteiger partial charge in [0, 0.05) is 6.04 Å². The summed E-state index contributed by atoms with van der Waals surface area (Å²) in [4.78, 5) is 23.0. The van der Waals surface area contributed by atoms with Crippen molar-refractivity contribution >= 4 is 17.5 Å². The SMILES string of the molecule is C/C(=N\NC(=O)C(=O)NC1CC1)c1ccc(C)c(C)c1. The molecule has 1 aliphatic rings. The summed E-state index contributed by atoms with van der Waals surface area (Å²) in [6.07, 6.45) is 1.90. The van der Waals surface area contributed by atoms with Gasteiger partial charge in [-0.15, -0.1) is 0 Å². The zero-order valence-electron chi connectivity index (χ0n) is 12.0. The lowest BCUT2D eigenvalue weighted by Crippen LogP contribution is -2.39. The first-order valence-electron chi connectivity index (χ1n) is 6.70. The van der Waals surface area contributed by atoms with Gasteiger partial charge < -0.3 is 5.32 Å². The second-order valence-corrected chi connectivity index (χ2v) is 5.18. The number of amides is 2. The summed E-state index contributed by atoms with van der Waals surface area (Å²) in [5, 5.41) is 6.58. The lowest BCUT2D eigenvalue weighted by molar-refractivity contribution is -0.139. The first kappa shape index (κ1) is 14.2. The number of nitrogens with zero attached hydrogens (tertiary/aromatic N) is 1.